The molecule has 1 heterocycles. The van der Waals surface area contributed by atoms with E-state index in [0.717, 1.165) is 41.8 Å². The summed E-state index contributed by atoms with van der Waals surface area (Å²) in [6.07, 6.45) is 6.77. The third-order valence-corrected chi connectivity index (χ3v) is 5.42. The highest BCUT2D eigenvalue weighted by molar-refractivity contribution is 5.44. The molecule has 1 aromatic carbocycles. The van der Waals surface area contributed by atoms with E-state index in [4.69, 9.17) is 5.73 Å². The Morgan fingerprint density at radius 3 is 2.39 bits per heavy atom. The van der Waals surface area contributed by atoms with Crippen LogP contribution in [0.15, 0.2) is 34.6 Å². The van der Waals surface area contributed by atoms with Crippen LogP contribution in [-0.2, 0) is 12.2 Å². The van der Waals surface area contributed by atoms with Crippen LogP contribution in [0.3, 0.4) is 0 Å². The maximum atomic E-state index is 13.5. The van der Waals surface area contributed by atoms with Gasteiger partial charge in [0.1, 0.15) is 5.82 Å². The molecule has 0 spiro atoms. The highest BCUT2D eigenvalue weighted by Gasteiger charge is 2.22. The van der Waals surface area contributed by atoms with Crippen LogP contribution in [0.25, 0.3) is 12.7 Å². The van der Waals surface area contributed by atoms with Gasteiger partial charge < -0.3 is 4.98 Å². The molecule has 0 fully saturated rings. The summed E-state index contributed by atoms with van der Waals surface area (Å²) in [5.74, 6) is -0.725. The van der Waals surface area contributed by atoms with Crippen LogP contribution < -0.4 is 21.9 Å². The molecule has 2 rings (SSSR count). The Morgan fingerprint density at radius 2 is 1.94 bits per heavy atom. The molecule has 2 unspecified atom stereocenters. The molecule has 0 amide bonds. The van der Waals surface area contributed by atoms with E-state index in [1.807, 2.05) is 58.9 Å². The number of hydrogen-bond donors (Lipinski definition) is 2. The minimum atomic E-state index is -1.73. The van der Waals surface area contributed by atoms with Crippen molar-refractivity contribution in [2.75, 3.05) is 0 Å². The zero-order valence-corrected chi connectivity index (χ0v) is 22.1. The monoisotopic (exact) mass is 457 g/mol. The van der Waals surface area contributed by atoms with E-state index in [1.54, 1.807) is 6.07 Å². The molecular weight excluding hydrogens is 413 g/mol. The third-order valence-electron chi connectivity index (χ3n) is 5.42. The van der Waals surface area contributed by atoms with Gasteiger partial charge in [-0.05, 0) is 57.7 Å². The van der Waals surface area contributed by atoms with Gasteiger partial charge in [-0.2, -0.15) is 0 Å². The Bertz CT molecular complexity index is 1030. The second kappa shape index (κ2) is 14.6. The van der Waals surface area contributed by atoms with E-state index in [2.05, 4.69) is 37.3 Å². The molecule has 2 aromatic rings. The van der Waals surface area contributed by atoms with Gasteiger partial charge in [-0.3, -0.25) is 10.5 Å². The Kier molecular flexibility index (Phi) is 13.5. The number of nitrogens with one attached hydrogen (secondary N) is 1. The molecule has 1 aromatic heterocycles. The zero-order valence-electron chi connectivity index (χ0n) is 22.1. The number of aromatic nitrogens is 2. The number of H-pyrrole nitrogens is 1. The molecule has 3 N–H and O–H groups in total. The van der Waals surface area contributed by atoms with Gasteiger partial charge in [-0.1, -0.05) is 77.5 Å². The number of aromatic amines is 1. The number of aryl methyl sites for hydroxylation is 1. The van der Waals surface area contributed by atoms with Gasteiger partial charge >= 0.3 is 0 Å². The van der Waals surface area contributed by atoms with E-state index in [1.165, 1.54) is 6.92 Å². The average Bonchev–Trinajstić information content (AvgIpc) is 2.77. The maximum absolute atomic E-state index is 13.5. The van der Waals surface area contributed by atoms with E-state index < -0.39 is 5.79 Å². The summed E-state index contributed by atoms with van der Waals surface area (Å²) in [7, 11) is 0. The lowest BCUT2D eigenvalue weighted by molar-refractivity contribution is 0.202. The molecule has 0 aliphatic rings. The third kappa shape index (κ3) is 9.47. The molecule has 0 saturated carbocycles. The minimum Gasteiger partial charge on any atom is -0.310 e. The van der Waals surface area contributed by atoms with Gasteiger partial charge in [0.15, 0.2) is 5.79 Å². The predicted octanol–water partition coefficient (Wildman–Crippen LogP) is 5.52. The maximum Gasteiger partial charge on any atom is 0.258 e. The molecule has 0 aliphatic heterocycles. The summed E-state index contributed by atoms with van der Waals surface area (Å²) in [4.78, 5) is 19.3. The van der Waals surface area contributed by atoms with Gasteiger partial charge in [-0.15, -0.1) is 0 Å². The van der Waals surface area contributed by atoms with Crippen LogP contribution in [0.2, 0.25) is 0 Å². The summed E-state index contributed by atoms with van der Waals surface area (Å²) in [6, 6.07) is 5.60. The molecular formula is C28H44FN3O. The molecule has 2 atom stereocenters. The highest BCUT2D eigenvalue weighted by Crippen LogP contribution is 2.25. The normalized spacial score (nSPS) is 14.4. The molecule has 0 radical (unpaired) electrons. The summed E-state index contributed by atoms with van der Waals surface area (Å²) in [5.41, 5.74) is 9.06. The van der Waals surface area contributed by atoms with Gasteiger partial charge in [-0.25, -0.2) is 9.37 Å². The lowest BCUT2D eigenvalue weighted by Gasteiger charge is -2.19. The van der Waals surface area contributed by atoms with Crippen molar-refractivity contribution in [3.63, 3.8) is 0 Å². The lowest BCUT2D eigenvalue weighted by Crippen LogP contribution is -2.43. The molecule has 33 heavy (non-hydrogen) atoms. The smallest absolute Gasteiger partial charge is 0.258 e. The summed E-state index contributed by atoms with van der Waals surface area (Å²) in [6.45, 7) is 21.3. The number of nitrogens with zero attached hydrogens (tertiary/aromatic N) is 1. The van der Waals surface area contributed by atoms with Crippen molar-refractivity contribution in [1.82, 2.24) is 9.97 Å². The lowest BCUT2D eigenvalue weighted by atomic mass is 9.95. The number of hydrogen-bond acceptors (Lipinski definition) is 3. The minimum absolute atomic E-state index is 0.103. The van der Waals surface area contributed by atoms with Crippen molar-refractivity contribution in [1.29, 1.82) is 0 Å². The molecule has 184 valence electrons. The van der Waals surface area contributed by atoms with Crippen LogP contribution in [0, 0.1) is 6.92 Å². The van der Waals surface area contributed by atoms with Crippen LogP contribution in [0.4, 0.5) is 4.39 Å². The van der Waals surface area contributed by atoms with Crippen LogP contribution in [0.5, 0.6) is 0 Å². The quantitative estimate of drug-likeness (QED) is 0.562. The number of rotatable bonds is 6. The fraction of sp³-hybridized carbons (Fsp3) is 0.500. The summed E-state index contributed by atoms with van der Waals surface area (Å²) < 4.78 is 13.5. The summed E-state index contributed by atoms with van der Waals surface area (Å²) in [5, 5.41) is 1.11. The van der Waals surface area contributed by atoms with Crippen molar-refractivity contribution in [3.8, 4) is 0 Å². The first kappa shape index (κ1) is 30.5. The van der Waals surface area contributed by atoms with Gasteiger partial charge in [0, 0.05) is 11.5 Å². The number of nitrogens with two attached hydrogens (primary N) is 1. The van der Waals surface area contributed by atoms with E-state index in [0.29, 0.717) is 16.1 Å². The van der Waals surface area contributed by atoms with Gasteiger partial charge in [0.05, 0.1) is 10.6 Å². The van der Waals surface area contributed by atoms with Crippen molar-refractivity contribution in [2.24, 2.45) is 5.73 Å². The molecule has 0 bridgehead atoms. The number of alkyl halides is 1. The van der Waals surface area contributed by atoms with E-state index >= 15 is 0 Å². The SMILES string of the molecule is C=c1nc(C(C)CCC)[nH]c(=O)/c1=C/C(C)=C\C.CC.CCc1cccc(C(C)(N)F)c1C. The van der Waals surface area contributed by atoms with Crippen molar-refractivity contribution < 1.29 is 4.39 Å². The van der Waals surface area contributed by atoms with Crippen LogP contribution >= 0.6 is 0 Å². The Morgan fingerprint density at radius 1 is 1.33 bits per heavy atom. The molecule has 4 nitrogen and oxygen atoms in total. The van der Waals surface area contributed by atoms with Crippen LogP contribution in [-0.4, -0.2) is 9.97 Å². The second-order valence-corrected chi connectivity index (χ2v) is 8.20. The number of benzene rings is 1. The predicted molar refractivity (Wildman–Crippen MR) is 141 cm³/mol. The molecule has 5 heteroatoms. The van der Waals surface area contributed by atoms with Crippen molar-refractivity contribution in [3.05, 3.63) is 73.3 Å². The largest absolute Gasteiger partial charge is 0.310 e. The van der Waals surface area contributed by atoms with E-state index in [-0.39, 0.29) is 11.5 Å². The molecule has 0 aliphatic carbocycles. The van der Waals surface area contributed by atoms with E-state index in [9.17, 15) is 9.18 Å². The first-order chi connectivity index (χ1) is 15.5. The second-order valence-electron chi connectivity index (χ2n) is 8.20. The number of halogens is 1. The Hall–Kier alpha value is -2.53. The first-order valence-corrected chi connectivity index (χ1v) is 12.0. The molecule has 0 saturated heterocycles. The topological polar surface area (TPSA) is 71.8 Å². The van der Waals surface area contributed by atoms with Crippen molar-refractivity contribution >= 4 is 12.7 Å². The Balaban J connectivity index is 0.000000602. The van der Waals surface area contributed by atoms with Gasteiger partial charge in [0.25, 0.3) is 5.56 Å². The standard InChI is InChI=1S/C15H22N2O.C11H16FN.C2H6/c1-6-8-11(4)14-16-12(5)13(15(18)17-14)9-10(3)7-2;1-4-9-6-5-7-10(8(9)2)11(3,12)13;1-2/h7,9,11H,5-6,8H2,1-4H3,(H,16,17,18);5-7H,4,13H2,1-3H3;1-2H3/b10-7-,13-9+;;. The van der Waals surface area contributed by atoms with Crippen molar-refractivity contribution in [2.45, 2.75) is 93.3 Å². The number of allylic oxidation sites excluding steroid dienone is 2. The fourth-order valence-corrected chi connectivity index (χ4v) is 3.41. The average molecular weight is 458 g/mol. The van der Waals surface area contributed by atoms with Gasteiger partial charge in [0.2, 0.25) is 0 Å². The highest BCUT2D eigenvalue weighted by atomic mass is 19.1. The first-order valence-electron chi connectivity index (χ1n) is 12.0. The van der Waals surface area contributed by atoms with Crippen LogP contribution in [0.1, 0.15) is 96.7 Å². The fourth-order valence-electron chi connectivity index (χ4n) is 3.41. The summed E-state index contributed by atoms with van der Waals surface area (Å²) >= 11 is 0. The Labute approximate surface area is 199 Å². The zero-order chi connectivity index (χ0) is 25.8.